The average molecular weight is 397 g/mol. The molecule has 2 aromatic rings. The van der Waals surface area contributed by atoms with Crippen LogP contribution in [0.2, 0.25) is 5.02 Å². The van der Waals surface area contributed by atoms with Gasteiger partial charge < -0.3 is 0 Å². The summed E-state index contributed by atoms with van der Waals surface area (Å²) in [6.07, 6.45) is 3.14. The van der Waals surface area contributed by atoms with Crippen molar-refractivity contribution in [3.8, 4) is 0 Å². The number of rotatable bonds is 4. The molecule has 1 aliphatic carbocycles. The molecule has 138 valence electrons. The highest BCUT2D eigenvalue weighted by Crippen LogP contribution is 2.48. The lowest BCUT2D eigenvalue weighted by Crippen LogP contribution is -2.37. The fraction of sp³-hybridized carbons (Fsp3) is 0.300. The zero-order valence-corrected chi connectivity index (χ0v) is 15.7. The van der Waals surface area contributed by atoms with Gasteiger partial charge in [0.25, 0.3) is 0 Å². The largest absolute Gasteiger partial charge is 0.223 e. The molecular formula is C20H19ClF2O2S. The van der Waals surface area contributed by atoms with Crippen LogP contribution in [0, 0.1) is 11.6 Å². The number of sulfone groups is 1. The molecule has 0 aliphatic heterocycles. The molecular weight excluding hydrogens is 378 g/mol. The fourth-order valence-corrected chi connectivity index (χ4v) is 6.13. The van der Waals surface area contributed by atoms with E-state index in [1.807, 2.05) is 0 Å². The number of benzene rings is 2. The topological polar surface area (TPSA) is 34.1 Å². The Balaban J connectivity index is 2.35. The Kier molecular flexibility index (Phi) is 5.22. The van der Waals surface area contributed by atoms with E-state index in [-0.39, 0.29) is 28.9 Å². The summed E-state index contributed by atoms with van der Waals surface area (Å²) in [4.78, 5) is 0.0419. The van der Waals surface area contributed by atoms with E-state index < -0.39 is 26.2 Å². The van der Waals surface area contributed by atoms with E-state index >= 15 is 0 Å². The summed E-state index contributed by atoms with van der Waals surface area (Å²) < 4.78 is 55.0. The Bertz CT molecular complexity index is 939. The molecule has 0 radical (unpaired) electrons. The first-order valence-electron chi connectivity index (χ1n) is 8.42. The Morgan fingerprint density at radius 1 is 1.08 bits per heavy atom. The SMILES string of the molecule is C=CCC1(S(=O)(=O)c2ccc(Cl)cc2)CCCCc2c(F)ccc(F)c21. The first kappa shape index (κ1) is 19.1. The monoisotopic (exact) mass is 396 g/mol. The van der Waals surface area contributed by atoms with Crippen LogP contribution in [0.1, 0.15) is 36.8 Å². The molecule has 0 saturated carbocycles. The molecule has 0 spiro atoms. The Morgan fingerprint density at radius 2 is 1.73 bits per heavy atom. The van der Waals surface area contributed by atoms with Gasteiger partial charge in [-0.25, -0.2) is 17.2 Å². The summed E-state index contributed by atoms with van der Waals surface area (Å²) >= 11 is 5.88. The van der Waals surface area contributed by atoms with Crippen molar-refractivity contribution in [2.75, 3.05) is 0 Å². The molecule has 1 atom stereocenters. The van der Waals surface area contributed by atoms with Crippen molar-refractivity contribution >= 4 is 21.4 Å². The lowest BCUT2D eigenvalue weighted by atomic mass is 9.88. The highest BCUT2D eigenvalue weighted by molar-refractivity contribution is 7.92. The van der Waals surface area contributed by atoms with Gasteiger partial charge in [-0.1, -0.05) is 24.1 Å². The maximum absolute atomic E-state index is 14.9. The van der Waals surface area contributed by atoms with Crippen LogP contribution in [0.25, 0.3) is 0 Å². The van der Waals surface area contributed by atoms with Gasteiger partial charge in [-0.2, -0.15) is 0 Å². The van der Waals surface area contributed by atoms with Crippen LogP contribution in [0.3, 0.4) is 0 Å². The summed E-state index contributed by atoms with van der Waals surface area (Å²) in [5.74, 6) is -1.26. The van der Waals surface area contributed by atoms with Gasteiger partial charge in [0.1, 0.15) is 16.4 Å². The van der Waals surface area contributed by atoms with Gasteiger partial charge in [0.15, 0.2) is 9.84 Å². The third kappa shape index (κ3) is 2.97. The second-order valence-electron chi connectivity index (χ2n) is 6.53. The minimum Gasteiger partial charge on any atom is -0.223 e. The standard InChI is InChI=1S/C20H19ClF2O2S/c1-2-12-20(26(24,25)15-8-6-14(21)7-9-15)13-4-3-5-16-17(22)10-11-18(23)19(16)20/h2,6-11H,1,3-5,12-13H2. The van der Waals surface area contributed by atoms with E-state index in [9.17, 15) is 17.2 Å². The Labute approximate surface area is 157 Å². The lowest BCUT2D eigenvalue weighted by molar-refractivity contribution is 0.463. The quantitative estimate of drug-likeness (QED) is 0.498. The molecule has 3 rings (SSSR count). The van der Waals surface area contributed by atoms with Gasteiger partial charge in [0.05, 0.1) is 4.90 Å². The predicted molar refractivity (Wildman–Crippen MR) is 99.0 cm³/mol. The van der Waals surface area contributed by atoms with E-state index in [0.29, 0.717) is 24.3 Å². The molecule has 2 aromatic carbocycles. The van der Waals surface area contributed by atoms with Gasteiger partial charge in [-0.3, -0.25) is 0 Å². The van der Waals surface area contributed by atoms with Crippen molar-refractivity contribution < 1.29 is 17.2 Å². The van der Waals surface area contributed by atoms with Gasteiger partial charge in [0.2, 0.25) is 0 Å². The van der Waals surface area contributed by atoms with E-state index in [1.54, 1.807) is 0 Å². The fourth-order valence-electron chi connectivity index (χ4n) is 3.82. The highest BCUT2D eigenvalue weighted by atomic mass is 35.5. The Hall–Kier alpha value is -1.72. The van der Waals surface area contributed by atoms with Crippen molar-refractivity contribution in [2.45, 2.75) is 41.7 Å². The second kappa shape index (κ2) is 7.12. The predicted octanol–water partition coefficient (Wildman–Crippen LogP) is 5.59. The zero-order chi connectivity index (χ0) is 18.9. The molecule has 6 heteroatoms. The smallest absolute Gasteiger partial charge is 0.188 e. The maximum Gasteiger partial charge on any atom is 0.188 e. The van der Waals surface area contributed by atoms with Crippen LogP contribution in [0.4, 0.5) is 8.78 Å². The maximum atomic E-state index is 14.9. The first-order valence-corrected chi connectivity index (χ1v) is 10.3. The van der Waals surface area contributed by atoms with Crippen LogP contribution in [0.15, 0.2) is 53.9 Å². The first-order chi connectivity index (χ1) is 12.3. The zero-order valence-electron chi connectivity index (χ0n) is 14.1. The van der Waals surface area contributed by atoms with Crippen molar-refractivity contribution in [1.82, 2.24) is 0 Å². The van der Waals surface area contributed by atoms with Crippen LogP contribution < -0.4 is 0 Å². The molecule has 2 nitrogen and oxygen atoms in total. The van der Waals surface area contributed by atoms with Gasteiger partial charge in [0, 0.05) is 10.6 Å². The summed E-state index contributed by atoms with van der Waals surface area (Å²) in [6.45, 7) is 3.67. The molecule has 0 N–H and O–H groups in total. The third-order valence-electron chi connectivity index (χ3n) is 5.03. The molecule has 0 bridgehead atoms. The highest BCUT2D eigenvalue weighted by Gasteiger charge is 2.49. The molecule has 1 unspecified atom stereocenters. The third-order valence-corrected chi connectivity index (χ3v) is 7.78. The molecule has 0 aromatic heterocycles. The van der Waals surface area contributed by atoms with Crippen LogP contribution in [-0.4, -0.2) is 8.42 Å². The number of allylic oxidation sites excluding steroid dienone is 1. The Morgan fingerprint density at radius 3 is 2.38 bits per heavy atom. The normalized spacial score (nSPS) is 20.3. The minimum atomic E-state index is -4.02. The van der Waals surface area contributed by atoms with Gasteiger partial charge in [-0.05, 0) is 67.6 Å². The van der Waals surface area contributed by atoms with Crippen molar-refractivity contribution in [2.24, 2.45) is 0 Å². The molecule has 0 fully saturated rings. The van der Waals surface area contributed by atoms with Crippen molar-refractivity contribution in [3.05, 3.63) is 76.8 Å². The summed E-state index contributed by atoms with van der Waals surface area (Å²) in [5.41, 5.74) is 0.103. The van der Waals surface area contributed by atoms with Gasteiger partial charge >= 0.3 is 0 Å². The summed E-state index contributed by atoms with van der Waals surface area (Å²) in [6, 6.07) is 7.85. The second-order valence-corrected chi connectivity index (χ2v) is 9.23. The minimum absolute atomic E-state index is 0.00529. The number of halogens is 3. The van der Waals surface area contributed by atoms with Crippen molar-refractivity contribution in [3.63, 3.8) is 0 Å². The lowest BCUT2D eigenvalue weighted by Gasteiger charge is -2.34. The number of fused-ring (bicyclic) bond motifs is 1. The summed E-state index contributed by atoms with van der Waals surface area (Å²) in [7, 11) is -4.02. The average Bonchev–Trinajstić information content (AvgIpc) is 2.81. The van der Waals surface area contributed by atoms with E-state index in [0.717, 1.165) is 12.1 Å². The van der Waals surface area contributed by atoms with E-state index in [2.05, 4.69) is 6.58 Å². The van der Waals surface area contributed by atoms with Gasteiger partial charge in [-0.15, -0.1) is 6.58 Å². The molecule has 0 amide bonds. The van der Waals surface area contributed by atoms with E-state index in [1.165, 1.54) is 30.3 Å². The summed E-state index contributed by atoms with van der Waals surface area (Å²) in [5, 5.41) is 0.403. The van der Waals surface area contributed by atoms with Crippen molar-refractivity contribution in [1.29, 1.82) is 0 Å². The molecule has 0 heterocycles. The molecule has 1 aliphatic rings. The number of hydrogen-bond acceptors (Lipinski definition) is 2. The van der Waals surface area contributed by atoms with Crippen LogP contribution >= 0.6 is 11.6 Å². The molecule has 0 saturated heterocycles. The van der Waals surface area contributed by atoms with E-state index in [4.69, 9.17) is 11.6 Å². The number of hydrogen-bond donors (Lipinski definition) is 0. The van der Waals surface area contributed by atoms with Crippen LogP contribution in [0.5, 0.6) is 0 Å². The molecule has 26 heavy (non-hydrogen) atoms. The van der Waals surface area contributed by atoms with Crippen LogP contribution in [-0.2, 0) is 21.0 Å².